The quantitative estimate of drug-likeness (QED) is 0.838. The van der Waals surface area contributed by atoms with Crippen molar-refractivity contribution in [3.63, 3.8) is 0 Å². The minimum atomic E-state index is -0.710. The summed E-state index contributed by atoms with van der Waals surface area (Å²) in [5.41, 5.74) is -0.201. The highest BCUT2D eigenvalue weighted by molar-refractivity contribution is 9.10. The maximum Gasteiger partial charge on any atom is 0.252 e. The van der Waals surface area contributed by atoms with Crippen molar-refractivity contribution in [2.45, 2.75) is 31.3 Å². The minimum absolute atomic E-state index is 0.190. The number of halogens is 1. The van der Waals surface area contributed by atoms with Crippen LogP contribution in [0.2, 0.25) is 0 Å². The van der Waals surface area contributed by atoms with Crippen LogP contribution in [0.5, 0.6) is 0 Å². The molecule has 0 atom stereocenters. The third-order valence-electron chi connectivity index (χ3n) is 3.10. The Morgan fingerprint density at radius 3 is 2.76 bits per heavy atom. The Labute approximate surface area is 109 Å². The van der Waals surface area contributed by atoms with E-state index in [-0.39, 0.29) is 5.91 Å². The molecule has 0 aromatic carbocycles. The molecule has 1 aromatic rings. The van der Waals surface area contributed by atoms with Crippen molar-refractivity contribution in [2.24, 2.45) is 0 Å². The van der Waals surface area contributed by atoms with E-state index in [1.165, 1.54) is 6.20 Å². The minimum Gasteiger partial charge on any atom is -0.388 e. The predicted molar refractivity (Wildman–Crippen MR) is 67.7 cm³/mol. The number of amides is 1. The average molecular weight is 299 g/mol. The number of carbonyl (C=O) groups excluding carboxylic acids is 1. The number of hydrogen-bond acceptors (Lipinski definition) is 3. The van der Waals surface area contributed by atoms with Gasteiger partial charge >= 0.3 is 0 Å². The Bertz CT molecular complexity index is 399. The van der Waals surface area contributed by atoms with Crippen LogP contribution >= 0.6 is 15.9 Å². The van der Waals surface area contributed by atoms with Crippen molar-refractivity contribution in [3.8, 4) is 0 Å². The Balaban J connectivity index is 1.91. The van der Waals surface area contributed by atoms with E-state index in [9.17, 15) is 9.90 Å². The van der Waals surface area contributed by atoms with Crippen molar-refractivity contribution in [1.82, 2.24) is 10.3 Å². The van der Waals surface area contributed by atoms with E-state index in [0.29, 0.717) is 16.7 Å². The summed E-state index contributed by atoms with van der Waals surface area (Å²) in [5, 5.41) is 12.8. The summed E-state index contributed by atoms with van der Waals surface area (Å²) < 4.78 is 0.698. The van der Waals surface area contributed by atoms with Gasteiger partial charge in [0.2, 0.25) is 0 Å². The van der Waals surface area contributed by atoms with Crippen LogP contribution in [0, 0.1) is 0 Å². The molecule has 92 valence electrons. The molecule has 0 spiro atoms. The largest absolute Gasteiger partial charge is 0.388 e. The van der Waals surface area contributed by atoms with Crippen LogP contribution in [0.3, 0.4) is 0 Å². The second-order valence-electron chi connectivity index (χ2n) is 4.48. The number of carbonyl (C=O) groups is 1. The standard InChI is InChI=1S/C12H15BrN2O2/c13-10-4-3-9(7-14-10)11(16)15-8-12(17)5-1-2-6-12/h3-4,7,17H,1-2,5-6,8H2,(H,15,16). The Morgan fingerprint density at radius 1 is 1.47 bits per heavy atom. The number of nitrogens with one attached hydrogen (secondary N) is 1. The van der Waals surface area contributed by atoms with E-state index in [1.807, 2.05) is 0 Å². The van der Waals surface area contributed by atoms with Crippen LogP contribution in [-0.2, 0) is 0 Å². The third-order valence-corrected chi connectivity index (χ3v) is 3.57. The maximum absolute atomic E-state index is 11.8. The van der Waals surface area contributed by atoms with Crippen LogP contribution in [0.25, 0.3) is 0 Å². The van der Waals surface area contributed by atoms with Crippen LogP contribution in [-0.4, -0.2) is 28.1 Å². The van der Waals surface area contributed by atoms with Crippen LogP contribution < -0.4 is 5.32 Å². The molecule has 0 saturated heterocycles. The van der Waals surface area contributed by atoms with Crippen LogP contribution in [0.1, 0.15) is 36.0 Å². The van der Waals surface area contributed by atoms with E-state index in [1.54, 1.807) is 12.1 Å². The Morgan fingerprint density at radius 2 is 2.18 bits per heavy atom. The lowest BCUT2D eigenvalue weighted by atomic mass is 10.0. The van der Waals surface area contributed by atoms with Crippen molar-refractivity contribution in [2.75, 3.05) is 6.54 Å². The van der Waals surface area contributed by atoms with Gasteiger partial charge < -0.3 is 10.4 Å². The molecule has 1 saturated carbocycles. The molecule has 1 aliphatic carbocycles. The number of hydrogen-bond donors (Lipinski definition) is 2. The van der Waals surface area contributed by atoms with Gasteiger partial charge in [0.25, 0.3) is 5.91 Å². The lowest BCUT2D eigenvalue weighted by Gasteiger charge is -2.22. The Hall–Kier alpha value is -0.940. The molecule has 0 aliphatic heterocycles. The summed E-state index contributed by atoms with van der Waals surface area (Å²) in [6.07, 6.45) is 5.12. The van der Waals surface area contributed by atoms with Gasteiger partial charge in [-0.15, -0.1) is 0 Å². The van der Waals surface area contributed by atoms with Gasteiger partial charge in [-0.25, -0.2) is 4.98 Å². The number of aliphatic hydroxyl groups is 1. The molecule has 4 nitrogen and oxygen atoms in total. The first kappa shape index (κ1) is 12.5. The summed E-state index contributed by atoms with van der Waals surface area (Å²) >= 11 is 3.21. The monoisotopic (exact) mass is 298 g/mol. The molecule has 1 aromatic heterocycles. The normalized spacial score (nSPS) is 18.0. The maximum atomic E-state index is 11.8. The third kappa shape index (κ3) is 3.26. The fourth-order valence-corrected chi connectivity index (χ4v) is 2.30. The highest BCUT2D eigenvalue weighted by Crippen LogP contribution is 2.28. The van der Waals surface area contributed by atoms with Crippen LogP contribution in [0.15, 0.2) is 22.9 Å². The van der Waals surface area contributed by atoms with Gasteiger partial charge in [0.05, 0.1) is 11.2 Å². The molecule has 17 heavy (non-hydrogen) atoms. The molecule has 2 rings (SSSR count). The van der Waals surface area contributed by atoms with Gasteiger partial charge in [0.1, 0.15) is 4.60 Å². The predicted octanol–water partition coefficient (Wildman–Crippen LogP) is 1.88. The zero-order chi connectivity index (χ0) is 12.3. The molecular weight excluding hydrogens is 284 g/mol. The zero-order valence-electron chi connectivity index (χ0n) is 9.45. The SMILES string of the molecule is O=C(NCC1(O)CCCC1)c1ccc(Br)nc1. The summed E-state index contributed by atoms with van der Waals surface area (Å²) in [5.74, 6) is -0.190. The van der Waals surface area contributed by atoms with E-state index < -0.39 is 5.60 Å². The number of rotatable bonds is 3. The van der Waals surface area contributed by atoms with E-state index in [0.717, 1.165) is 25.7 Å². The molecule has 2 N–H and O–H groups in total. The molecular formula is C12H15BrN2O2. The first-order chi connectivity index (χ1) is 8.09. The molecule has 5 heteroatoms. The molecule has 0 unspecified atom stereocenters. The number of nitrogens with zero attached hydrogens (tertiary/aromatic N) is 1. The average Bonchev–Trinajstić information content (AvgIpc) is 2.75. The van der Waals surface area contributed by atoms with E-state index in [2.05, 4.69) is 26.2 Å². The summed E-state index contributed by atoms with van der Waals surface area (Å²) in [7, 11) is 0. The van der Waals surface area contributed by atoms with Gasteiger partial charge in [-0.1, -0.05) is 12.8 Å². The van der Waals surface area contributed by atoms with Crippen molar-refractivity contribution in [1.29, 1.82) is 0 Å². The van der Waals surface area contributed by atoms with Gasteiger partial charge in [-0.3, -0.25) is 4.79 Å². The molecule has 1 fully saturated rings. The van der Waals surface area contributed by atoms with E-state index >= 15 is 0 Å². The molecule has 0 radical (unpaired) electrons. The number of pyridine rings is 1. The fraction of sp³-hybridized carbons (Fsp3) is 0.500. The Kier molecular flexibility index (Phi) is 3.79. The fourth-order valence-electron chi connectivity index (χ4n) is 2.07. The smallest absolute Gasteiger partial charge is 0.252 e. The van der Waals surface area contributed by atoms with E-state index in [4.69, 9.17) is 0 Å². The topological polar surface area (TPSA) is 62.2 Å². The van der Waals surface area contributed by atoms with Gasteiger partial charge in [0.15, 0.2) is 0 Å². The lowest BCUT2D eigenvalue weighted by Crippen LogP contribution is -2.40. The summed E-state index contributed by atoms with van der Waals surface area (Å²) in [6, 6.07) is 3.42. The highest BCUT2D eigenvalue weighted by Gasteiger charge is 2.31. The van der Waals surface area contributed by atoms with Crippen molar-refractivity contribution < 1.29 is 9.90 Å². The lowest BCUT2D eigenvalue weighted by molar-refractivity contribution is 0.0449. The highest BCUT2D eigenvalue weighted by atomic mass is 79.9. The second-order valence-corrected chi connectivity index (χ2v) is 5.30. The molecule has 0 bridgehead atoms. The van der Waals surface area contributed by atoms with Crippen molar-refractivity contribution in [3.05, 3.63) is 28.5 Å². The van der Waals surface area contributed by atoms with Crippen LogP contribution in [0.4, 0.5) is 0 Å². The first-order valence-electron chi connectivity index (χ1n) is 5.71. The van der Waals surface area contributed by atoms with Crippen molar-refractivity contribution >= 4 is 21.8 Å². The van der Waals surface area contributed by atoms with Gasteiger partial charge in [-0.2, -0.15) is 0 Å². The number of aromatic nitrogens is 1. The first-order valence-corrected chi connectivity index (χ1v) is 6.51. The van der Waals surface area contributed by atoms with Gasteiger partial charge in [0, 0.05) is 12.7 Å². The molecule has 1 aliphatic rings. The van der Waals surface area contributed by atoms with Gasteiger partial charge in [-0.05, 0) is 40.9 Å². The molecule has 1 amide bonds. The summed E-state index contributed by atoms with van der Waals surface area (Å²) in [4.78, 5) is 15.8. The zero-order valence-corrected chi connectivity index (χ0v) is 11.0. The summed E-state index contributed by atoms with van der Waals surface area (Å²) in [6.45, 7) is 0.321. The second kappa shape index (κ2) is 5.14. The molecule has 1 heterocycles.